The monoisotopic (exact) mass is 228 g/mol. The van der Waals surface area contributed by atoms with Crippen molar-refractivity contribution in [3.63, 3.8) is 0 Å². The molecule has 0 aromatic carbocycles. The molecule has 94 valence electrons. The average Bonchev–Trinajstić information content (AvgIpc) is 2.09. The second-order valence-electron chi connectivity index (χ2n) is 5.01. The van der Waals surface area contributed by atoms with Crippen molar-refractivity contribution in [1.29, 1.82) is 0 Å². The number of rotatable bonds is 7. The Labute approximate surface area is 98.1 Å². The first kappa shape index (κ1) is 15.0. The SMILES string of the molecule is CC(C)C[C@H](/C=C/N(N)CC(C)C)C(=O)O. The highest BCUT2D eigenvalue weighted by molar-refractivity contribution is 5.72. The molecule has 3 N–H and O–H groups in total. The molecule has 0 amide bonds. The van der Waals surface area contributed by atoms with E-state index in [0.717, 1.165) is 6.54 Å². The van der Waals surface area contributed by atoms with Crippen molar-refractivity contribution < 1.29 is 9.90 Å². The van der Waals surface area contributed by atoms with Gasteiger partial charge >= 0.3 is 5.97 Å². The van der Waals surface area contributed by atoms with Crippen LogP contribution < -0.4 is 5.84 Å². The predicted octanol–water partition coefficient (Wildman–Crippen LogP) is 2.08. The fraction of sp³-hybridized carbons (Fsp3) is 0.750. The minimum absolute atomic E-state index is 0.363. The number of nitrogens with zero attached hydrogens (tertiary/aromatic N) is 1. The van der Waals surface area contributed by atoms with E-state index in [4.69, 9.17) is 10.9 Å². The van der Waals surface area contributed by atoms with Crippen LogP contribution in [0.1, 0.15) is 34.1 Å². The van der Waals surface area contributed by atoms with Crippen LogP contribution in [0.3, 0.4) is 0 Å². The van der Waals surface area contributed by atoms with E-state index in [1.165, 1.54) is 0 Å². The molecule has 0 aromatic rings. The fourth-order valence-corrected chi connectivity index (χ4v) is 1.47. The van der Waals surface area contributed by atoms with Crippen LogP contribution in [0.5, 0.6) is 0 Å². The minimum Gasteiger partial charge on any atom is -0.481 e. The molecule has 0 saturated heterocycles. The number of aliphatic carboxylic acids is 1. The first-order chi connectivity index (χ1) is 7.32. The number of nitrogens with two attached hydrogens (primary N) is 1. The molecular weight excluding hydrogens is 204 g/mol. The van der Waals surface area contributed by atoms with E-state index in [1.54, 1.807) is 17.3 Å². The van der Waals surface area contributed by atoms with Crippen LogP contribution in [0, 0.1) is 17.8 Å². The number of carbonyl (C=O) groups is 1. The largest absolute Gasteiger partial charge is 0.481 e. The van der Waals surface area contributed by atoms with Gasteiger partial charge in [-0.25, -0.2) is 5.84 Å². The highest BCUT2D eigenvalue weighted by Gasteiger charge is 2.15. The van der Waals surface area contributed by atoms with E-state index in [0.29, 0.717) is 18.3 Å². The molecule has 0 unspecified atom stereocenters. The maximum atomic E-state index is 11.0. The van der Waals surface area contributed by atoms with Crippen LogP contribution in [0.2, 0.25) is 0 Å². The van der Waals surface area contributed by atoms with Crippen molar-refractivity contribution in [3.8, 4) is 0 Å². The lowest BCUT2D eigenvalue weighted by atomic mass is 9.97. The Morgan fingerprint density at radius 1 is 1.31 bits per heavy atom. The maximum absolute atomic E-state index is 11.0. The Morgan fingerprint density at radius 3 is 2.25 bits per heavy atom. The third-order valence-electron chi connectivity index (χ3n) is 2.13. The number of hydrogen-bond donors (Lipinski definition) is 2. The van der Waals surface area contributed by atoms with Gasteiger partial charge in [0.15, 0.2) is 0 Å². The third kappa shape index (κ3) is 7.29. The van der Waals surface area contributed by atoms with Gasteiger partial charge < -0.3 is 10.1 Å². The molecule has 16 heavy (non-hydrogen) atoms. The summed E-state index contributed by atoms with van der Waals surface area (Å²) in [5, 5.41) is 10.5. The molecule has 0 saturated carbocycles. The third-order valence-corrected chi connectivity index (χ3v) is 2.13. The molecule has 0 spiro atoms. The van der Waals surface area contributed by atoms with Gasteiger partial charge in [0.05, 0.1) is 5.92 Å². The van der Waals surface area contributed by atoms with E-state index < -0.39 is 11.9 Å². The van der Waals surface area contributed by atoms with E-state index in [2.05, 4.69) is 13.8 Å². The van der Waals surface area contributed by atoms with E-state index in [9.17, 15) is 4.79 Å². The Morgan fingerprint density at radius 2 is 1.88 bits per heavy atom. The van der Waals surface area contributed by atoms with Gasteiger partial charge in [0.25, 0.3) is 0 Å². The van der Waals surface area contributed by atoms with Gasteiger partial charge in [-0.15, -0.1) is 0 Å². The second-order valence-corrected chi connectivity index (χ2v) is 5.01. The summed E-state index contributed by atoms with van der Waals surface area (Å²) in [6.45, 7) is 8.88. The molecule has 0 aliphatic heterocycles. The molecule has 0 aliphatic rings. The van der Waals surface area contributed by atoms with Gasteiger partial charge in [-0.3, -0.25) is 4.79 Å². The first-order valence-corrected chi connectivity index (χ1v) is 5.75. The van der Waals surface area contributed by atoms with Crippen LogP contribution in [-0.4, -0.2) is 22.6 Å². The summed E-state index contributed by atoms with van der Waals surface area (Å²) in [5.41, 5.74) is 0. The summed E-state index contributed by atoms with van der Waals surface area (Å²) in [5.74, 6) is 5.30. The molecule has 0 heterocycles. The summed E-state index contributed by atoms with van der Waals surface area (Å²) >= 11 is 0. The number of hydrazine groups is 1. The fourth-order valence-electron chi connectivity index (χ4n) is 1.47. The lowest BCUT2D eigenvalue weighted by Crippen LogP contribution is -2.29. The normalized spacial score (nSPS) is 13.7. The maximum Gasteiger partial charge on any atom is 0.310 e. The van der Waals surface area contributed by atoms with Crippen molar-refractivity contribution in [1.82, 2.24) is 5.01 Å². The zero-order valence-corrected chi connectivity index (χ0v) is 10.7. The quantitative estimate of drug-likeness (QED) is 0.517. The van der Waals surface area contributed by atoms with Gasteiger partial charge in [-0.05, 0) is 18.3 Å². The number of carboxylic acids is 1. The average molecular weight is 228 g/mol. The Hall–Kier alpha value is -1.03. The molecule has 0 radical (unpaired) electrons. The summed E-state index contributed by atoms with van der Waals surface area (Å²) < 4.78 is 0. The first-order valence-electron chi connectivity index (χ1n) is 5.75. The molecule has 4 heteroatoms. The van der Waals surface area contributed by atoms with Crippen molar-refractivity contribution in [2.24, 2.45) is 23.6 Å². The number of carboxylic acid groups (broad SMARTS) is 1. The van der Waals surface area contributed by atoms with Gasteiger partial charge in [0, 0.05) is 12.7 Å². The summed E-state index contributed by atoms with van der Waals surface area (Å²) in [7, 11) is 0. The molecule has 0 fully saturated rings. The van der Waals surface area contributed by atoms with Crippen molar-refractivity contribution in [3.05, 3.63) is 12.3 Å². The Balaban J connectivity index is 4.27. The highest BCUT2D eigenvalue weighted by Crippen LogP contribution is 2.13. The molecule has 1 atom stereocenters. The highest BCUT2D eigenvalue weighted by atomic mass is 16.4. The summed E-state index contributed by atoms with van der Waals surface area (Å²) in [4.78, 5) is 11.0. The number of hydrogen-bond acceptors (Lipinski definition) is 3. The van der Waals surface area contributed by atoms with Gasteiger partial charge in [-0.2, -0.15) is 0 Å². The second kappa shape index (κ2) is 7.28. The van der Waals surface area contributed by atoms with E-state index in [1.807, 2.05) is 13.8 Å². The molecule has 0 rings (SSSR count). The van der Waals surface area contributed by atoms with E-state index >= 15 is 0 Å². The smallest absolute Gasteiger partial charge is 0.310 e. The molecule has 0 aromatic heterocycles. The summed E-state index contributed by atoms with van der Waals surface area (Å²) in [6, 6.07) is 0. The summed E-state index contributed by atoms with van der Waals surface area (Å²) in [6.07, 6.45) is 3.98. The van der Waals surface area contributed by atoms with Crippen molar-refractivity contribution in [2.75, 3.05) is 6.54 Å². The van der Waals surface area contributed by atoms with Crippen LogP contribution in [0.25, 0.3) is 0 Å². The molecule has 4 nitrogen and oxygen atoms in total. The van der Waals surface area contributed by atoms with Gasteiger partial charge in [-0.1, -0.05) is 33.8 Å². The molecular formula is C12H24N2O2. The van der Waals surface area contributed by atoms with Crippen molar-refractivity contribution in [2.45, 2.75) is 34.1 Å². The van der Waals surface area contributed by atoms with Gasteiger partial charge in [0.1, 0.15) is 0 Å². The lowest BCUT2D eigenvalue weighted by Gasteiger charge is -2.17. The van der Waals surface area contributed by atoms with Crippen LogP contribution in [0.4, 0.5) is 0 Å². The zero-order chi connectivity index (χ0) is 12.7. The van der Waals surface area contributed by atoms with Crippen LogP contribution in [0.15, 0.2) is 12.3 Å². The predicted molar refractivity (Wildman–Crippen MR) is 65.5 cm³/mol. The zero-order valence-electron chi connectivity index (χ0n) is 10.7. The lowest BCUT2D eigenvalue weighted by molar-refractivity contribution is -0.140. The Bertz CT molecular complexity index is 237. The molecule has 0 aliphatic carbocycles. The van der Waals surface area contributed by atoms with Crippen LogP contribution in [-0.2, 0) is 4.79 Å². The molecule has 0 bridgehead atoms. The van der Waals surface area contributed by atoms with E-state index in [-0.39, 0.29) is 0 Å². The topological polar surface area (TPSA) is 66.6 Å². The van der Waals surface area contributed by atoms with Gasteiger partial charge in [0.2, 0.25) is 0 Å². The minimum atomic E-state index is -0.789. The Kier molecular flexibility index (Phi) is 6.81. The van der Waals surface area contributed by atoms with Crippen LogP contribution >= 0.6 is 0 Å². The van der Waals surface area contributed by atoms with Crippen molar-refractivity contribution >= 4 is 5.97 Å². The standard InChI is InChI=1S/C12H24N2O2/c1-9(2)7-11(12(15)16)5-6-14(13)8-10(3)4/h5-6,9-11H,7-8,13H2,1-4H3,(H,15,16)/b6-5+/t11-/m0/s1.